The number of nitrogens with zero attached hydrogens (tertiary/aromatic N) is 2. The highest BCUT2D eigenvalue weighted by Gasteiger charge is 2.31. The Morgan fingerprint density at radius 2 is 1.95 bits per heavy atom. The van der Waals surface area contributed by atoms with E-state index in [9.17, 15) is 13.2 Å². The van der Waals surface area contributed by atoms with Crippen LogP contribution >= 0.6 is 0 Å². The second-order valence-electron chi connectivity index (χ2n) is 4.99. The van der Waals surface area contributed by atoms with Gasteiger partial charge in [0, 0.05) is 6.20 Å². The van der Waals surface area contributed by atoms with Crippen molar-refractivity contribution in [1.29, 1.82) is 0 Å². The van der Waals surface area contributed by atoms with Crippen molar-refractivity contribution in [3.8, 4) is 0 Å². The van der Waals surface area contributed by atoms with Gasteiger partial charge in [0.05, 0.1) is 5.56 Å². The average molecular weight is 306 g/mol. The fourth-order valence-electron chi connectivity index (χ4n) is 2.16. The second kappa shape index (κ2) is 5.42. The molecule has 1 aliphatic rings. The minimum atomic E-state index is -4.39. The van der Waals surface area contributed by atoms with Gasteiger partial charge in [-0.15, -0.1) is 0 Å². The molecule has 0 radical (unpaired) electrons. The van der Waals surface area contributed by atoms with Crippen LogP contribution in [0.5, 0.6) is 0 Å². The molecule has 1 aliphatic heterocycles. The van der Waals surface area contributed by atoms with E-state index in [4.69, 9.17) is 0 Å². The van der Waals surface area contributed by atoms with Crippen LogP contribution in [0.2, 0.25) is 0 Å². The van der Waals surface area contributed by atoms with Crippen molar-refractivity contribution >= 4 is 5.84 Å². The third-order valence-electron chi connectivity index (χ3n) is 3.28. The predicted molar refractivity (Wildman–Crippen MR) is 76.0 cm³/mol. The summed E-state index contributed by atoms with van der Waals surface area (Å²) in [4.78, 5) is 8.23. The van der Waals surface area contributed by atoms with Crippen LogP contribution in [0.3, 0.4) is 0 Å². The van der Waals surface area contributed by atoms with Crippen LogP contribution in [0.25, 0.3) is 0 Å². The molecule has 114 valence electrons. The monoisotopic (exact) mass is 306 g/mol. The molecule has 0 fully saturated rings. The molecule has 1 aromatic heterocycles. The molecule has 1 aromatic carbocycles. The quantitative estimate of drug-likeness (QED) is 0.897. The minimum Gasteiger partial charge on any atom is -0.302 e. The van der Waals surface area contributed by atoms with Crippen LogP contribution in [-0.4, -0.2) is 10.8 Å². The van der Waals surface area contributed by atoms with E-state index in [1.54, 1.807) is 0 Å². The number of rotatable bonds is 2. The van der Waals surface area contributed by atoms with Crippen molar-refractivity contribution in [2.24, 2.45) is 4.99 Å². The van der Waals surface area contributed by atoms with E-state index in [0.29, 0.717) is 11.5 Å². The molecule has 0 unspecified atom stereocenters. The molecule has 2 heterocycles. The summed E-state index contributed by atoms with van der Waals surface area (Å²) in [6, 6.07) is 10.1. The number of aliphatic imine (C=N–C) groups is 1. The fourth-order valence-corrected chi connectivity index (χ4v) is 2.16. The first-order chi connectivity index (χ1) is 10.4. The number of pyridine rings is 1. The van der Waals surface area contributed by atoms with Crippen molar-refractivity contribution in [1.82, 2.24) is 15.8 Å². The molecule has 0 bridgehead atoms. The molecule has 4 nitrogen and oxygen atoms in total. The SMILES string of the molecule is Cc1cccc([C@@H]2N=C(c3ccc(C(F)(F)F)cn3)NN2)c1. The lowest BCUT2D eigenvalue weighted by Gasteiger charge is -2.07. The number of hydrogen-bond acceptors (Lipinski definition) is 4. The van der Waals surface area contributed by atoms with Crippen LogP contribution in [0.4, 0.5) is 13.2 Å². The number of nitrogens with one attached hydrogen (secondary N) is 2. The number of amidine groups is 1. The smallest absolute Gasteiger partial charge is 0.302 e. The maximum absolute atomic E-state index is 12.5. The number of hydrogen-bond donors (Lipinski definition) is 2. The first kappa shape index (κ1) is 14.5. The Morgan fingerprint density at radius 3 is 2.59 bits per heavy atom. The Hall–Kier alpha value is -2.41. The number of aryl methyl sites for hydroxylation is 1. The van der Waals surface area contributed by atoms with Gasteiger partial charge < -0.3 is 5.43 Å². The van der Waals surface area contributed by atoms with Crippen LogP contribution in [-0.2, 0) is 6.18 Å². The minimum absolute atomic E-state index is 0.293. The van der Waals surface area contributed by atoms with Gasteiger partial charge in [-0.25, -0.2) is 10.4 Å². The standard InChI is InChI=1S/C15H13F3N4/c1-9-3-2-4-10(7-9)13-20-14(22-21-13)12-6-5-11(8-19-12)15(16,17)18/h2-8,13,21H,1H3,(H,20,22)/t13-/m1/s1. The Kier molecular flexibility index (Phi) is 3.58. The van der Waals surface area contributed by atoms with Crippen molar-refractivity contribution < 1.29 is 13.2 Å². The van der Waals surface area contributed by atoms with Gasteiger partial charge in [-0.3, -0.25) is 4.98 Å². The van der Waals surface area contributed by atoms with Gasteiger partial charge in [0.2, 0.25) is 0 Å². The topological polar surface area (TPSA) is 49.3 Å². The van der Waals surface area contributed by atoms with E-state index in [1.165, 1.54) is 6.07 Å². The van der Waals surface area contributed by atoms with Crippen molar-refractivity contribution in [3.05, 3.63) is 65.0 Å². The van der Waals surface area contributed by atoms with E-state index >= 15 is 0 Å². The number of halogens is 3. The summed E-state index contributed by atoms with van der Waals surface area (Å²) >= 11 is 0. The first-order valence-electron chi connectivity index (χ1n) is 6.63. The fraction of sp³-hybridized carbons (Fsp3) is 0.200. The maximum atomic E-state index is 12.5. The van der Waals surface area contributed by atoms with E-state index in [2.05, 4.69) is 20.8 Å². The molecule has 0 saturated carbocycles. The molecule has 0 saturated heterocycles. The molecular formula is C15H13F3N4. The lowest BCUT2D eigenvalue weighted by Crippen LogP contribution is -2.32. The van der Waals surface area contributed by atoms with Gasteiger partial charge in [0.15, 0.2) is 5.84 Å². The highest BCUT2D eigenvalue weighted by molar-refractivity contribution is 5.97. The highest BCUT2D eigenvalue weighted by Crippen LogP contribution is 2.28. The molecule has 7 heteroatoms. The Bertz CT molecular complexity index is 707. The van der Waals surface area contributed by atoms with Gasteiger partial charge in [0.25, 0.3) is 0 Å². The third-order valence-corrected chi connectivity index (χ3v) is 3.28. The zero-order valence-electron chi connectivity index (χ0n) is 11.6. The van der Waals surface area contributed by atoms with Crippen molar-refractivity contribution in [2.45, 2.75) is 19.3 Å². The van der Waals surface area contributed by atoms with Gasteiger partial charge in [-0.1, -0.05) is 29.8 Å². The normalized spacial score (nSPS) is 18.0. The number of benzene rings is 1. The Morgan fingerprint density at radius 1 is 1.14 bits per heavy atom. The number of aromatic nitrogens is 1. The molecule has 2 aromatic rings. The Labute approximate surface area is 125 Å². The summed E-state index contributed by atoms with van der Waals surface area (Å²) in [6.45, 7) is 1.98. The van der Waals surface area contributed by atoms with Crippen molar-refractivity contribution in [3.63, 3.8) is 0 Å². The highest BCUT2D eigenvalue weighted by atomic mass is 19.4. The van der Waals surface area contributed by atoms with E-state index in [0.717, 1.165) is 23.4 Å². The van der Waals surface area contributed by atoms with Crippen LogP contribution in [0.1, 0.15) is 28.6 Å². The molecule has 3 rings (SSSR count). The zero-order valence-corrected chi connectivity index (χ0v) is 11.6. The van der Waals surface area contributed by atoms with E-state index in [1.807, 2.05) is 31.2 Å². The van der Waals surface area contributed by atoms with E-state index < -0.39 is 11.7 Å². The van der Waals surface area contributed by atoms with Gasteiger partial charge in [0.1, 0.15) is 11.9 Å². The van der Waals surface area contributed by atoms with Crippen molar-refractivity contribution in [2.75, 3.05) is 0 Å². The molecule has 22 heavy (non-hydrogen) atoms. The van der Waals surface area contributed by atoms with Crippen LogP contribution < -0.4 is 10.9 Å². The summed E-state index contributed by atoms with van der Waals surface area (Å²) < 4.78 is 37.6. The molecule has 2 N–H and O–H groups in total. The zero-order chi connectivity index (χ0) is 15.7. The van der Waals surface area contributed by atoms with Crippen LogP contribution in [0.15, 0.2) is 47.6 Å². The van der Waals surface area contributed by atoms with Gasteiger partial charge in [-0.2, -0.15) is 13.2 Å². The average Bonchev–Trinajstić information content (AvgIpc) is 2.96. The lowest BCUT2D eigenvalue weighted by molar-refractivity contribution is -0.137. The first-order valence-corrected chi connectivity index (χ1v) is 6.63. The molecule has 0 spiro atoms. The summed E-state index contributed by atoms with van der Waals surface area (Å²) in [5, 5.41) is 0. The molecule has 1 atom stereocenters. The molecule has 0 aliphatic carbocycles. The largest absolute Gasteiger partial charge is 0.417 e. The summed E-state index contributed by atoms with van der Waals surface area (Å²) in [7, 11) is 0. The summed E-state index contributed by atoms with van der Waals surface area (Å²) in [5.41, 5.74) is 7.48. The van der Waals surface area contributed by atoms with Gasteiger partial charge in [-0.05, 0) is 24.6 Å². The lowest BCUT2D eigenvalue weighted by atomic mass is 10.1. The predicted octanol–water partition coefficient (Wildman–Crippen LogP) is 2.96. The summed E-state index contributed by atoms with van der Waals surface area (Å²) in [6.07, 6.45) is -3.88. The number of hydrazine groups is 1. The third kappa shape index (κ3) is 2.94. The Balaban J connectivity index is 1.83. The number of alkyl halides is 3. The molecule has 0 amide bonds. The van der Waals surface area contributed by atoms with Gasteiger partial charge >= 0.3 is 6.18 Å². The maximum Gasteiger partial charge on any atom is 0.417 e. The van der Waals surface area contributed by atoms with Crippen LogP contribution in [0, 0.1) is 6.92 Å². The summed E-state index contributed by atoms with van der Waals surface area (Å²) in [5.74, 6) is 0.417. The molecular weight excluding hydrogens is 293 g/mol. The second-order valence-corrected chi connectivity index (χ2v) is 4.99. The van der Waals surface area contributed by atoms with E-state index in [-0.39, 0.29) is 6.17 Å².